The Balaban J connectivity index is 2.51. The minimum absolute atomic E-state index is 0.0674. The van der Waals surface area contributed by atoms with Gasteiger partial charge in [0, 0.05) is 13.1 Å². The second kappa shape index (κ2) is 3.60. The Morgan fingerprint density at radius 1 is 1.69 bits per heavy atom. The molecule has 0 radical (unpaired) electrons. The number of hydrogen-bond donors (Lipinski definition) is 3. The van der Waals surface area contributed by atoms with Gasteiger partial charge in [-0.25, -0.2) is 0 Å². The predicted octanol–water partition coefficient (Wildman–Crippen LogP) is -1.15. The molecule has 0 heterocycles. The first-order chi connectivity index (χ1) is 5.92. The molecule has 1 rings (SSSR count). The fourth-order valence-corrected chi connectivity index (χ4v) is 1.97. The van der Waals surface area contributed by atoms with Crippen LogP contribution in [0.4, 0.5) is 0 Å². The summed E-state index contributed by atoms with van der Waals surface area (Å²) in [4.78, 5) is 0. The van der Waals surface area contributed by atoms with Gasteiger partial charge >= 0.3 is 0 Å². The lowest BCUT2D eigenvalue weighted by Gasteiger charge is -2.16. The number of nitrogens with two attached hydrogens (primary N) is 1. The first-order valence-corrected chi connectivity index (χ1v) is 5.42. The highest BCUT2D eigenvalue weighted by molar-refractivity contribution is 7.87. The molecule has 13 heavy (non-hydrogen) atoms. The normalized spacial score (nSPS) is 17.7. The fraction of sp³-hybridized carbons (Fsp3) is 0.833. The van der Waals surface area contributed by atoms with Gasteiger partial charge in [0.15, 0.2) is 0 Å². The maximum atomic E-state index is 11.4. The summed E-state index contributed by atoms with van der Waals surface area (Å²) in [5, 5.41) is 6.95. The molecule has 0 aliphatic heterocycles. The Hall–Kier alpha value is -0.660. The molecule has 0 saturated heterocycles. The van der Waals surface area contributed by atoms with Crippen LogP contribution in [-0.4, -0.2) is 38.2 Å². The van der Waals surface area contributed by atoms with Crippen LogP contribution in [0.15, 0.2) is 0 Å². The number of rotatable bonds is 5. The Kier molecular flexibility index (Phi) is 2.89. The SMILES string of the molecule is CN(CC(=N)N)S(=O)(=O)NC1CC1. The third kappa shape index (κ3) is 3.29. The molecule has 0 unspecified atom stereocenters. The van der Waals surface area contributed by atoms with Gasteiger partial charge in [-0.1, -0.05) is 0 Å². The lowest BCUT2D eigenvalue weighted by atomic mass is 10.6. The van der Waals surface area contributed by atoms with Gasteiger partial charge in [-0.15, -0.1) is 0 Å². The lowest BCUT2D eigenvalue weighted by molar-refractivity contribution is 0.489. The van der Waals surface area contributed by atoms with Gasteiger partial charge in [0.1, 0.15) is 5.84 Å². The van der Waals surface area contributed by atoms with Crippen LogP contribution in [0.2, 0.25) is 0 Å². The molecule has 6 nitrogen and oxygen atoms in total. The third-order valence-corrected chi connectivity index (χ3v) is 3.28. The predicted molar refractivity (Wildman–Crippen MR) is 49.6 cm³/mol. The van der Waals surface area contributed by atoms with E-state index >= 15 is 0 Å². The van der Waals surface area contributed by atoms with Gasteiger partial charge in [-0.05, 0) is 12.8 Å². The summed E-state index contributed by atoms with van der Waals surface area (Å²) in [7, 11) is -2.03. The van der Waals surface area contributed by atoms with Crippen LogP contribution < -0.4 is 10.5 Å². The number of likely N-dealkylation sites (N-methyl/N-ethyl adjacent to an activating group) is 1. The standard InChI is InChI=1S/C6H14N4O2S/c1-10(4-6(7)8)13(11,12)9-5-2-3-5/h5,9H,2-4H2,1H3,(H3,7,8). The highest BCUT2D eigenvalue weighted by Crippen LogP contribution is 2.20. The number of hydrogen-bond acceptors (Lipinski definition) is 3. The van der Waals surface area contributed by atoms with Gasteiger partial charge in [-0.2, -0.15) is 17.4 Å². The van der Waals surface area contributed by atoms with Crippen LogP contribution in [0.1, 0.15) is 12.8 Å². The molecular weight excluding hydrogens is 192 g/mol. The molecule has 0 spiro atoms. The van der Waals surface area contributed by atoms with Crippen molar-refractivity contribution in [2.45, 2.75) is 18.9 Å². The van der Waals surface area contributed by atoms with Crippen LogP contribution in [-0.2, 0) is 10.2 Å². The van der Waals surface area contributed by atoms with E-state index in [2.05, 4.69) is 4.72 Å². The topological polar surface area (TPSA) is 99.3 Å². The number of nitrogens with zero attached hydrogens (tertiary/aromatic N) is 1. The van der Waals surface area contributed by atoms with E-state index in [1.54, 1.807) is 0 Å². The van der Waals surface area contributed by atoms with E-state index in [-0.39, 0.29) is 18.4 Å². The average molecular weight is 206 g/mol. The molecule has 0 aromatic heterocycles. The van der Waals surface area contributed by atoms with Crippen molar-refractivity contribution < 1.29 is 8.42 Å². The molecule has 0 atom stereocenters. The molecule has 1 aliphatic carbocycles. The highest BCUT2D eigenvalue weighted by Gasteiger charge is 2.29. The monoisotopic (exact) mass is 206 g/mol. The molecule has 76 valence electrons. The fourth-order valence-electron chi connectivity index (χ4n) is 0.827. The maximum absolute atomic E-state index is 11.4. The molecule has 4 N–H and O–H groups in total. The molecule has 0 aromatic carbocycles. The smallest absolute Gasteiger partial charge is 0.279 e. The minimum atomic E-state index is -3.43. The quantitative estimate of drug-likeness (QED) is 0.391. The van der Waals surface area contributed by atoms with E-state index in [0.29, 0.717) is 0 Å². The van der Waals surface area contributed by atoms with E-state index in [4.69, 9.17) is 11.1 Å². The molecule has 0 bridgehead atoms. The second-order valence-corrected chi connectivity index (χ2v) is 4.99. The van der Waals surface area contributed by atoms with Crippen molar-refractivity contribution in [3.05, 3.63) is 0 Å². The zero-order chi connectivity index (χ0) is 10.1. The third-order valence-electron chi connectivity index (χ3n) is 1.70. The lowest BCUT2D eigenvalue weighted by Crippen LogP contribution is -2.43. The minimum Gasteiger partial charge on any atom is -0.387 e. The zero-order valence-electron chi connectivity index (χ0n) is 7.45. The first kappa shape index (κ1) is 10.4. The number of amidine groups is 1. The van der Waals surface area contributed by atoms with Crippen molar-refractivity contribution in [1.29, 1.82) is 5.41 Å². The zero-order valence-corrected chi connectivity index (χ0v) is 8.26. The van der Waals surface area contributed by atoms with E-state index in [0.717, 1.165) is 17.1 Å². The van der Waals surface area contributed by atoms with E-state index < -0.39 is 10.2 Å². The average Bonchev–Trinajstić information content (AvgIpc) is 2.69. The largest absolute Gasteiger partial charge is 0.387 e. The van der Waals surface area contributed by atoms with Crippen molar-refractivity contribution in [3.63, 3.8) is 0 Å². The molecule has 1 saturated carbocycles. The van der Waals surface area contributed by atoms with Gasteiger partial charge in [-0.3, -0.25) is 5.41 Å². The summed E-state index contributed by atoms with van der Waals surface area (Å²) in [6.07, 6.45) is 1.79. The molecule has 1 aliphatic rings. The molecule has 0 aromatic rings. The first-order valence-electron chi connectivity index (χ1n) is 3.98. The Bertz CT molecular complexity index is 296. The Labute approximate surface area is 77.8 Å². The molecule has 1 fully saturated rings. The van der Waals surface area contributed by atoms with Crippen LogP contribution in [0, 0.1) is 5.41 Å². The summed E-state index contributed by atoms with van der Waals surface area (Å²) >= 11 is 0. The van der Waals surface area contributed by atoms with Gasteiger partial charge in [0.2, 0.25) is 0 Å². The van der Waals surface area contributed by atoms with Crippen LogP contribution >= 0.6 is 0 Å². The molecule has 7 heteroatoms. The Morgan fingerprint density at radius 3 is 2.62 bits per heavy atom. The van der Waals surface area contributed by atoms with Crippen molar-refractivity contribution in [1.82, 2.24) is 9.03 Å². The van der Waals surface area contributed by atoms with E-state index in [1.807, 2.05) is 0 Å². The van der Waals surface area contributed by atoms with Crippen molar-refractivity contribution >= 4 is 16.0 Å². The van der Waals surface area contributed by atoms with Gasteiger partial charge in [0.05, 0.1) is 6.54 Å². The van der Waals surface area contributed by atoms with E-state index in [9.17, 15) is 8.42 Å². The van der Waals surface area contributed by atoms with Gasteiger partial charge in [0.25, 0.3) is 10.2 Å². The van der Waals surface area contributed by atoms with E-state index in [1.165, 1.54) is 7.05 Å². The van der Waals surface area contributed by atoms with Crippen LogP contribution in [0.5, 0.6) is 0 Å². The maximum Gasteiger partial charge on any atom is 0.279 e. The summed E-state index contributed by atoms with van der Waals surface area (Å²) in [6.45, 7) is -0.0674. The summed E-state index contributed by atoms with van der Waals surface area (Å²) in [5.74, 6) is -0.163. The number of nitrogens with one attached hydrogen (secondary N) is 2. The van der Waals surface area contributed by atoms with Crippen LogP contribution in [0.3, 0.4) is 0 Å². The highest BCUT2D eigenvalue weighted by atomic mass is 32.2. The van der Waals surface area contributed by atoms with Crippen molar-refractivity contribution in [3.8, 4) is 0 Å². The Morgan fingerprint density at radius 2 is 2.23 bits per heavy atom. The summed E-state index contributed by atoms with van der Waals surface area (Å²) in [6, 6.07) is 0.0828. The second-order valence-electron chi connectivity index (χ2n) is 3.18. The summed E-state index contributed by atoms with van der Waals surface area (Å²) < 4.78 is 26.3. The molecule has 0 amide bonds. The van der Waals surface area contributed by atoms with Gasteiger partial charge < -0.3 is 5.73 Å². The summed E-state index contributed by atoms with van der Waals surface area (Å²) in [5.41, 5.74) is 5.09. The van der Waals surface area contributed by atoms with Crippen LogP contribution in [0.25, 0.3) is 0 Å². The molecular formula is C6H14N4O2S. The van der Waals surface area contributed by atoms with Crippen molar-refractivity contribution in [2.75, 3.05) is 13.6 Å². The van der Waals surface area contributed by atoms with Crippen molar-refractivity contribution in [2.24, 2.45) is 5.73 Å².